The lowest BCUT2D eigenvalue weighted by Gasteiger charge is -2.21. The van der Waals surface area contributed by atoms with Crippen molar-refractivity contribution in [3.05, 3.63) is 28.2 Å². The van der Waals surface area contributed by atoms with Gasteiger partial charge in [-0.3, -0.25) is 4.99 Å². The number of methoxy groups -OCH3 is 1. The van der Waals surface area contributed by atoms with Crippen molar-refractivity contribution in [2.45, 2.75) is 12.8 Å². The van der Waals surface area contributed by atoms with Crippen LogP contribution in [0.25, 0.3) is 0 Å². The summed E-state index contributed by atoms with van der Waals surface area (Å²) in [4.78, 5) is 6.67. The molecule has 1 aromatic rings. The van der Waals surface area contributed by atoms with Gasteiger partial charge in [-0.05, 0) is 31.0 Å². The SMILES string of the molecule is CN=C(NCCCOc1ccc(Cl)cc1Cl)N1CCC(COCCOC)C1. The van der Waals surface area contributed by atoms with Crippen molar-refractivity contribution in [2.75, 3.05) is 60.2 Å². The summed E-state index contributed by atoms with van der Waals surface area (Å²) in [7, 11) is 3.50. The molecule has 1 N–H and O–H groups in total. The minimum Gasteiger partial charge on any atom is -0.492 e. The van der Waals surface area contributed by atoms with Gasteiger partial charge in [-0.2, -0.15) is 0 Å². The highest BCUT2D eigenvalue weighted by molar-refractivity contribution is 6.35. The maximum absolute atomic E-state index is 6.10. The second kappa shape index (κ2) is 12.3. The highest BCUT2D eigenvalue weighted by Crippen LogP contribution is 2.27. The number of nitrogens with one attached hydrogen (secondary N) is 1. The summed E-state index contributed by atoms with van der Waals surface area (Å²) in [6, 6.07) is 5.24. The summed E-state index contributed by atoms with van der Waals surface area (Å²) in [6.07, 6.45) is 1.96. The molecule has 0 bridgehead atoms. The molecule has 6 nitrogen and oxygen atoms in total. The number of likely N-dealkylation sites (tertiary alicyclic amines) is 1. The minimum absolute atomic E-state index is 0.530. The third-order valence-electron chi connectivity index (χ3n) is 4.34. The van der Waals surface area contributed by atoms with Crippen LogP contribution < -0.4 is 10.1 Å². The van der Waals surface area contributed by atoms with E-state index in [9.17, 15) is 0 Å². The zero-order valence-electron chi connectivity index (χ0n) is 16.0. The summed E-state index contributed by atoms with van der Waals surface area (Å²) in [6.45, 7) is 5.37. The number of hydrogen-bond donors (Lipinski definition) is 1. The van der Waals surface area contributed by atoms with Gasteiger partial charge >= 0.3 is 0 Å². The van der Waals surface area contributed by atoms with Gasteiger partial charge in [0.2, 0.25) is 0 Å². The molecule has 0 aromatic heterocycles. The van der Waals surface area contributed by atoms with Crippen molar-refractivity contribution in [2.24, 2.45) is 10.9 Å². The van der Waals surface area contributed by atoms with Crippen molar-refractivity contribution in [1.82, 2.24) is 10.2 Å². The first-order valence-electron chi connectivity index (χ1n) is 9.24. The first-order valence-corrected chi connectivity index (χ1v) is 9.99. The molecule has 1 aliphatic heterocycles. The lowest BCUT2D eigenvalue weighted by atomic mass is 10.1. The molecule has 1 fully saturated rings. The van der Waals surface area contributed by atoms with Crippen molar-refractivity contribution in [3.63, 3.8) is 0 Å². The number of ether oxygens (including phenoxy) is 3. The Balaban J connectivity index is 1.63. The third kappa shape index (κ3) is 7.74. The second-order valence-electron chi connectivity index (χ2n) is 6.42. The molecular weight excluding hydrogens is 389 g/mol. The maximum Gasteiger partial charge on any atom is 0.193 e. The maximum atomic E-state index is 6.10. The van der Waals surface area contributed by atoms with Gasteiger partial charge in [0.15, 0.2) is 5.96 Å². The van der Waals surface area contributed by atoms with E-state index in [-0.39, 0.29) is 0 Å². The molecular formula is C19H29Cl2N3O3. The van der Waals surface area contributed by atoms with Gasteiger partial charge in [0.25, 0.3) is 0 Å². The molecule has 1 unspecified atom stereocenters. The van der Waals surface area contributed by atoms with Crippen LogP contribution in [0.5, 0.6) is 5.75 Å². The summed E-state index contributed by atoms with van der Waals surface area (Å²) in [5.74, 6) is 2.12. The Hall–Kier alpha value is -1.21. The predicted molar refractivity (Wildman–Crippen MR) is 110 cm³/mol. The lowest BCUT2D eigenvalue weighted by molar-refractivity contribution is 0.0536. The number of rotatable bonds is 10. The van der Waals surface area contributed by atoms with Crippen LogP contribution in [0.1, 0.15) is 12.8 Å². The van der Waals surface area contributed by atoms with Gasteiger partial charge in [0.1, 0.15) is 5.75 Å². The Labute approximate surface area is 171 Å². The molecule has 1 saturated heterocycles. The second-order valence-corrected chi connectivity index (χ2v) is 7.26. The van der Waals surface area contributed by atoms with Crippen LogP contribution in [0.3, 0.4) is 0 Å². The number of nitrogens with zero attached hydrogens (tertiary/aromatic N) is 2. The molecule has 0 radical (unpaired) electrons. The summed E-state index contributed by atoms with van der Waals surface area (Å²) < 4.78 is 16.3. The number of halogens is 2. The smallest absolute Gasteiger partial charge is 0.193 e. The molecule has 27 heavy (non-hydrogen) atoms. The van der Waals surface area contributed by atoms with E-state index in [0.717, 1.165) is 45.0 Å². The highest BCUT2D eigenvalue weighted by atomic mass is 35.5. The zero-order chi connectivity index (χ0) is 19.5. The van der Waals surface area contributed by atoms with Crippen LogP contribution in [0.2, 0.25) is 10.0 Å². The van der Waals surface area contributed by atoms with E-state index in [2.05, 4.69) is 15.2 Å². The Morgan fingerprint density at radius 1 is 1.30 bits per heavy atom. The number of guanidine groups is 1. The summed E-state index contributed by atoms with van der Waals surface area (Å²) in [5.41, 5.74) is 0. The molecule has 0 spiro atoms. The van der Waals surface area contributed by atoms with E-state index in [1.165, 1.54) is 0 Å². The molecule has 0 saturated carbocycles. The highest BCUT2D eigenvalue weighted by Gasteiger charge is 2.24. The van der Waals surface area contributed by atoms with E-state index in [0.29, 0.717) is 41.5 Å². The van der Waals surface area contributed by atoms with E-state index >= 15 is 0 Å². The molecule has 2 rings (SSSR count). The average molecular weight is 418 g/mol. The minimum atomic E-state index is 0.530. The number of hydrogen-bond acceptors (Lipinski definition) is 4. The Morgan fingerprint density at radius 3 is 2.89 bits per heavy atom. The van der Waals surface area contributed by atoms with E-state index in [1.54, 1.807) is 25.3 Å². The van der Waals surface area contributed by atoms with Crippen LogP contribution in [-0.4, -0.2) is 71.1 Å². The van der Waals surface area contributed by atoms with Gasteiger partial charge in [-0.1, -0.05) is 23.2 Å². The largest absolute Gasteiger partial charge is 0.492 e. The van der Waals surface area contributed by atoms with Crippen molar-refractivity contribution in [1.29, 1.82) is 0 Å². The van der Waals surface area contributed by atoms with Crippen LogP contribution in [0.15, 0.2) is 23.2 Å². The van der Waals surface area contributed by atoms with Crippen LogP contribution in [-0.2, 0) is 9.47 Å². The summed E-state index contributed by atoms with van der Waals surface area (Å²) in [5, 5.41) is 4.53. The topological polar surface area (TPSA) is 55.3 Å². The van der Waals surface area contributed by atoms with Crippen LogP contribution in [0.4, 0.5) is 0 Å². The Bertz CT molecular complexity index is 602. The van der Waals surface area contributed by atoms with Crippen LogP contribution >= 0.6 is 23.2 Å². The average Bonchev–Trinajstić information content (AvgIpc) is 3.12. The fourth-order valence-corrected chi connectivity index (χ4v) is 3.40. The van der Waals surface area contributed by atoms with E-state index in [1.807, 2.05) is 7.05 Å². The Kier molecular flexibility index (Phi) is 10.1. The molecule has 152 valence electrons. The zero-order valence-corrected chi connectivity index (χ0v) is 17.6. The van der Waals surface area contributed by atoms with Gasteiger partial charge in [0.05, 0.1) is 31.5 Å². The monoisotopic (exact) mass is 417 g/mol. The molecule has 1 aromatic carbocycles. The van der Waals surface area contributed by atoms with Crippen molar-refractivity contribution < 1.29 is 14.2 Å². The van der Waals surface area contributed by atoms with Gasteiger partial charge in [-0.15, -0.1) is 0 Å². The third-order valence-corrected chi connectivity index (χ3v) is 4.87. The number of aliphatic imine (C=N–C) groups is 1. The molecule has 1 heterocycles. The molecule has 0 amide bonds. The Morgan fingerprint density at radius 2 is 2.15 bits per heavy atom. The van der Waals surface area contributed by atoms with Crippen molar-refractivity contribution in [3.8, 4) is 5.75 Å². The van der Waals surface area contributed by atoms with E-state index < -0.39 is 0 Å². The fourth-order valence-electron chi connectivity index (χ4n) is 2.93. The molecule has 0 aliphatic carbocycles. The van der Waals surface area contributed by atoms with Gasteiger partial charge in [0, 0.05) is 44.7 Å². The number of benzene rings is 1. The fraction of sp³-hybridized carbons (Fsp3) is 0.632. The molecule has 1 aliphatic rings. The van der Waals surface area contributed by atoms with Crippen molar-refractivity contribution >= 4 is 29.2 Å². The van der Waals surface area contributed by atoms with Gasteiger partial charge < -0.3 is 24.4 Å². The lowest BCUT2D eigenvalue weighted by Crippen LogP contribution is -2.40. The normalized spacial score (nSPS) is 17.4. The first-order chi connectivity index (χ1) is 13.1. The van der Waals surface area contributed by atoms with Crippen LogP contribution in [0, 0.1) is 5.92 Å². The van der Waals surface area contributed by atoms with Gasteiger partial charge in [-0.25, -0.2) is 0 Å². The molecule has 1 atom stereocenters. The summed E-state index contributed by atoms with van der Waals surface area (Å²) >= 11 is 12.0. The first kappa shape index (κ1) is 22.1. The molecule has 8 heteroatoms. The van der Waals surface area contributed by atoms with E-state index in [4.69, 9.17) is 37.4 Å². The standard InChI is InChI=1S/C19H29Cl2N3O3/c1-22-19(24-8-6-15(13-24)14-26-11-10-25-2)23-7-3-9-27-18-5-4-16(20)12-17(18)21/h4-5,12,15H,3,6-11,13-14H2,1-2H3,(H,22,23). The predicted octanol–water partition coefficient (Wildman–Crippen LogP) is 3.32. The quantitative estimate of drug-likeness (QED) is 0.359.